The summed E-state index contributed by atoms with van der Waals surface area (Å²) >= 11 is 0. The number of rotatable bonds is 4. The molecule has 6 heteroatoms. The smallest absolute Gasteiger partial charge is 0.261 e. The lowest BCUT2D eigenvalue weighted by Crippen LogP contribution is -2.25. The molecule has 28 heavy (non-hydrogen) atoms. The van der Waals surface area contributed by atoms with Crippen molar-refractivity contribution in [3.63, 3.8) is 0 Å². The summed E-state index contributed by atoms with van der Waals surface area (Å²) in [4.78, 5) is 22.5. The zero-order valence-corrected chi connectivity index (χ0v) is 15.8. The van der Waals surface area contributed by atoms with Crippen molar-refractivity contribution in [1.82, 2.24) is 19.7 Å². The average Bonchev–Trinajstić information content (AvgIpc) is 3.49. The first-order valence-corrected chi connectivity index (χ1v) is 9.48. The van der Waals surface area contributed by atoms with Crippen LogP contribution >= 0.6 is 0 Å². The van der Waals surface area contributed by atoms with Crippen molar-refractivity contribution in [2.24, 2.45) is 0 Å². The lowest BCUT2D eigenvalue weighted by atomic mass is 10.0. The van der Waals surface area contributed by atoms with Gasteiger partial charge in [-0.15, -0.1) is 0 Å². The van der Waals surface area contributed by atoms with Gasteiger partial charge in [-0.25, -0.2) is 4.98 Å². The number of fused-ring (bicyclic) bond motifs is 1. The Morgan fingerprint density at radius 3 is 2.75 bits per heavy atom. The third-order valence-electron chi connectivity index (χ3n) is 5.31. The predicted molar refractivity (Wildman–Crippen MR) is 106 cm³/mol. The van der Waals surface area contributed by atoms with Crippen LogP contribution in [0.1, 0.15) is 41.6 Å². The first-order valence-electron chi connectivity index (χ1n) is 9.48. The molecule has 1 aromatic carbocycles. The molecule has 0 spiro atoms. The Morgan fingerprint density at radius 2 is 2.07 bits per heavy atom. The van der Waals surface area contributed by atoms with E-state index in [0.717, 1.165) is 52.3 Å². The van der Waals surface area contributed by atoms with Crippen LogP contribution < -0.4 is 5.56 Å². The summed E-state index contributed by atoms with van der Waals surface area (Å²) in [5.74, 6) is 2.00. The molecule has 0 saturated heterocycles. The Morgan fingerprint density at radius 1 is 1.21 bits per heavy atom. The van der Waals surface area contributed by atoms with E-state index >= 15 is 0 Å². The maximum Gasteiger partial charge on any atom is 0.261 e. The highest BCUT2D eigenvalue weighted by atomic mass is 16.5. The number of aryl methyl sites for hydroxylation is 2. The molecule has 0 N–H and O–H groups in total. The summed E-state index contributed by atoms with van der Waals surface area (Å²) in [5, 5.41) is 4.65. The number of hydrogen-bond donors (Lipinski definition) is 0. The topological polar surface area (TPSA) is 73.8 Å². The molecule has 1 fully saturated rings. The number of pyridine rings is 1. The van der Waals surface area contributed by atoms with E-state index < -0.39 is 0 Å². The molecule has 0 bridgehead atoms. The standard InChI is InChI=1S/C22H20N4O2/c1-13-20(14(2)28-25-13)17-7-8-19-18(10-17)22(27)26(21(24-19)16-5-6-16)12-15-4-3-9-23-11-15/h3-4,7-11,16H,5-6,12H2,1-2H3. The fourth-order valence-electron chi connectivity index (χ4n) is 3.77. The van der Waals surface area contributed by atoms with E-state index in [4.69, 9.17) is 9.51 Å². The summed E-state index contributed by atoms with van der Waals surface area (Å²) in [6.45, 7) is 4.27. The van der Waals surface area contributed by atoms with Gasteiger partial charge in [0, 0.05) is 23.9 Å². The van der Waals surface area contributed by atoms with Gasteiger partial charge >= 0.3 is 0 Å². The molecule has 0 radical (unpaired) electrons. The molecule has 140 valence electrons. The Hall–Kier alpha value is -3.28. The third kappa shape index (κ3) is 2.81. The molecule has 3 aromatic heterocycles. The van der Waals surface area contributed by atoms with Gasteiger partial charge in [-0.05, 0) is 56.0 Å². The summed E-state index contributed by atoms with van der Waals surface area (Å²) in [5.41, 5.74) is 4.40. The lowest BCUT2D eigenvalue weighted by Gasteiger charge is -2.14. The Labute approximate surface area is 161 Å². The van der Waals surface area contributed by atoms with Gasteiger partial charge < -0.3 is 4.52 Å². The van der Waals surface area contributed by atoms with E-state index in [1.165, 1.54) is 0 Å². The monoisotopic (exact) mass is 372 g/mol. The third-order valence-corrected chi connectivity index (χ3v) is 5.31. The Balaban J connectivity index is 1.70. The van der Waals surface area contributed by atoms with E-state index in [1.807, 2.05) is 48.7 Å². The highest BCUT2D eigenvalue weighted by Gasteiger charge is 2.29. The molecule has 6 nitrogen and oxygen atoms in total. The van der Waals surface area contributed by atoms with Crippen LogP contribution in [0.15, 0.2) is 52.0 Å². The fourth-order valence-corrected chi connectivity index (χ4v) is 3.77. The predicted octanol–water partition coefficient (Wildman–Crippen LogP) is 3.99. The fraction of sp³-hybridized carbons (Fsp3) is 0.273. The minimum atomic E-state index is -0.00985. The van der Waals surface area contributed by atoms with Crippen molar-refractivity contribution in [3.05, 3.63) is 75.9 Å². The highest BCUT2D eigenvalue weighted by Crippen LogP contribution is 2.39. The largest absolute Gasteiger partial charge is 0.361 e. The summed E-state index contributed by atoms with van der Waals surface area (Å²) in [6.07, 6.45) is 5.71. The molecule has 0 unspecified atom stereocenters. The van der Waals surface area contributed by atoms with Crippen molar-refractivity contribution in [3.8, 4) is 11.1 Å². The number of benzene rings is 1. The quantitative estimate of drug-likeness (QED) is 0.541. The molecule has 0 amide bonds. The van der Waals surface area contributed by atoms with Gasteiger partial charge in [0.25, 0.3) is 5.56 Å². The molecular weight excluding hydrogens is 352 g/mol. The van der Waals surface area contributed by atoms with Gasteiger partial charge in [-0.3, -0.25) is 14.3 Å². The van der Waals surface area contributed by atoms with Crippen LogP contribution in [-0.2, 0) is 6.54 Å². The Bertz CT molecular complexity index is 1220. The van der Waals surface area contributed by atoms with E-state index in [1.54, 1.807) is 12.4 Å². The first-order chi connectivity index (χ1) is 13.6. The van der Waals surface area contributed by atoms with Crippen molar-refractivity contribution in [2.45, 2.75) is 39.2 Å². The van der Waals surface area contributed by atoms with Gasteiger partial charge in [0.15, 0.2) is 0 Å². The van der Waals surface area contributed by atoms with Gasteiger partial charge in [0.05, 0.1) is 23.1 Å². The number of hydrogen-bond acceptors (Lipinski definition) is 5. The minimum absolute atomic E-state index is 0.00985. The van der Waals surface area contributed by atoms with Crippen LogP contribution in [0.3, 0.4) is 0 Å². The van der Waals surface area contributed by atoms with Gasteiger partial charge in [-0.1, -0.05) is 17.3 Å². The van der Waals surface area contributed by atoms with Gasteiger partial charge in [-0.2, -0.15) is 0 Å². The van der Waals surface area contributed by atoms with Crippen LogP contribution in [0.2, 0.25) is 0 Å². The lowest BCUT2D eigenvalue weighted by molar-refractivity contribution is 0.393. The molecule has 1 aliphatic carbocycles. The molecule has 5 rings (SSSR count). The van der Waals surface area contributed by atoms with Crippen molar-refractivity contribution in [2.75, 3.05) is 0 Å². The van der Waals surface area contributed by atoms with Gasteiger partial charge in [0.1, 0.15) is 11.6 Å². The average molecular weight is 372 g/mol. The normalized spacial score (nSPS) is 13.9. The van der Waals surface area contributed by atoms with Crippen LogP contribution in [0.5, 0.6) is 0 Å². The summed E-state index contributed by atoms with van der Waals surface area (Å²) < 4.78 is 7.11. The van der Waals surface area contributed by atoms with E-state index in [2.05, 4.69) is 10.1 Å². The SMILES string of the molecule is Cc1noc(C)c1-c1ccc2nc(C3CC3)n(Cc3cccnc3)c(=O)c2c1. The second-order valence-corrected chi connectivity index (χ2v) is 7.43. The highest BCUT2D eigenvalue weighted by molar-refractivity contribution is 5.84. The van der Waals surface area contributed by atoms with Crippen LogP contribution in [0.4, 0.5) is 0 Å². The molecule has 1 aliphatic rings. The van der Waals surface area contributed by atoms with Crippen LogP contribution in [-0.4, -0.2) is 19.7 Å². The van der Waals surface area contributed by atoms with E-state index in [9.17, 15) is 4.79 Å². The maximum atomic E-state index is 13.4. The van der Waals surface area contributed by atoms with Crippen molar-refractivity contribution >= 4 is 10.9 Å². The van der Waals surface area contributed by atoms with E-state index in [0.29, 0.717) is 17.8 Å². The molecule has 0 atom stereocenters. The number of aromatic nitrogens is 4. The van der Waals surface area contributed by atoms with Crippen molar-refractivity contribution < 1.29 is 4.52 Å². The van der Waals surface area contributed by atoms with Crippen molar-refractivity contribution in [1.29, 1.82) is 0 Å². The van der Waals surface area contributed by atoms with Crippen LogP contribution in [0, 0.1) is 13.8 Å². The van der Waals surface area contributed by atoms with Crippen LogP contribution in [0.25, 0.3) is 22.0 Å². The molecule has 1 saturated carbocycles. The molecule has 0 aliphatic heterocycles. The Kier molecular flexibility index (Phi) is 3.86. The second-order valence-electron chi connectivity index (χ2n) is 7.43. The summed E-state index contributed by atoms with van der Waals surface area (Å²) in [7, 11) is 0. The zero-order chi connectivity index (χ0) is 19.3. The maximum absolute atomic E-state index is 13.4. The van der Waals surface area contributed by atoms with E-state index in [-0.39, 0.29) is 5.56 Å². The molecule has 3 heterocycles. The minimum Gasteiger partial charge on any atom is -0.361 e. The van der Waals surface area contributed by atoms with Gasteiger partial charge in [0.2, 0.25) is 0 Å². The number of nitrogens with zero attached hydrogens (tertiary/aromatic N) is 4. The zero-order valence-electron chi connectivity index (χ0n) is 15.8. The molecular formula is C22H20N4O2. The molecule has 4 aromatic rings. The first kappa shape index (κ1) is 16.9. The second kappa shape index (κ2) is 6.41. The summed E-state index contributed by atoms with van der Waals surface area (Å²) in [6, 6.07) is 9.71.